The van der Waals surface area contributed by atoms with Gasteiger partial charge in [-0.25, -0.2) is 0 Å². The van der Waals surface area contributed by atoms with Crippen LogP contribution in [0.1, 0.15) is 29.5 Å². The summed E-state index contributed by atoms with van der Waals surface area (Å²) in [5.74, 6) is 2.23. The van der Waals surface area contributed by atoms with Crippen LogP contribution in [-0.2, 0) is 24.4 Å². The molecular weight excluding hydrogens is 428 g/mol. The fraction of sp³-hybridized carbons (Fsp3) is 0.310. The van der Waals surface area contributed by atoms with E-state index in [0.717, 1.165) is 35.3 Å². The van der Waals surface area contributed by atoms with Gasteiger partial charge in [0.25, 0.3) is 0 Å². The minimum atomic E-state index is -0.607. The summed E-state index contributed by atoms with van der Waals surface area (Å²) in [4.78, 5) is 0. The van der Waals surface area contributed by atoms with Crippen LogP contribution in [0.25, 0.3) is 0 Å². The Morgan fingerprint density at radius 3 is 2.21 bits per heavy atom. The van der Waals surface area contributed by atoms with Crippen molar-refractivity contribution in [3.05, 3.63) is 102 Å². The van der Waals surface area contributed by atoms with Gasteiger partial charge in [-0.3, -0.25) is 0 Å². The average molecular weight is 463 g/mol. The third kappa shape index (κ3) is 7.94. The Balaban J connectivity index is 1.59. The predicted molar refractivity (Wildman–Crippen MR) is 134 cm³/mol. The van der Waals surface area contributed by atoms with Gasteiger partial charge in [0.05, 0.1) is 33.0 Å². The van der Waals surface area contributed by atoms with E-state index in [9.17, 15) is 5.11 Å². The SMILES string of the molecule is C=CC(O)C[C@H](CCc1ccc(OCc2ccccc2)c(OC)c1)OCc1ccc(OC)cc1. The minimum absolute atomic E-state index is 0.116. The van der Waals surface area contributed by atoms with Crippen LogP contribution in [0.3, 0.4) is 0 Å². The fourth-order valence-corrected chi connectivity index (χ4v) is 3.62. The van der Waals surface area contributed by atoms with Gasteiger partial charge in [-0.05, 0) is 53.8 Å². The summed E-state index contributed by atoms with van der Waals surface area (Å²) in [6, 6.07) is 23.8. The van der Waals surface area contributed by atoms with E-state index >= 15 is 0 Å². The lowest BCUT2D eigenvalue weighted by Crippen LogP contribution is -2.20. The van der Waals surface area contributed by atoms with Crippen LogP contribution in [-0.4, -0.2) is 31.5 Å². The Bertz CT molecular complexity index is 1000. The van der Waals surface area contributed by atoms with Gasteiger partial charge in [-0.2, -0.15) is 0 Å². The molecule has 0 aliphatic heterocycles. The molecule has 5 nitrogen and oxygen atoms in total. The van der Waals surface area contributed by atoms with Crippen LogP contribution in [0.2, 0.25) is 0 Å². The normalized spacial score (nSPS) is 12.6. The van der Waals surface area contributed by atoms with Gasteiger partial charge in [-0.1, -0.05) is 54.6 Å². The number of benzene rings is 3. The molecule has 0 heterocycles. The second-order valence-corrected chi connectivity index (χ2v) is 8.12. The second kappa shape index (κ2) is 13.4. The molecule has 0 aliphatic rings. The topological polar surface area (TPSA) is 57.2 Å². The average Bonchev–Trinajstić information content (AvgIpc) is 2.89. The summed E-state index contributed by atoms with van der Waals surface area (Å²) in [7, 11) is 3.30. The highest BCUT2D eigenvalue weighted by atomic mass is 16.5. The maximum atomic E-state index is 10.1. The molecule has 3 aromatic carbocycles. The van der Waals surface area contributed by atoms with Crippen molar-refractivity contribution in [2.45, 2.75) is 44.7 Å². The number of aliphatic hydroxyl groups is 1. The van der Waals surface area contributed by atoms with Gasteiger partial charge in [0.2, 0.25) is 0 Å². The van der Waals surface area contributed by atoms with Crippen molar-refractivity contribution >= 4 is 0 Å². The van der Waals surface area contributed by atoms with Crippen LogP contribution in [0.4, 0.5) is 0 Å². The van der Waals surface area contributed by atoms with Crippen LogP contribution >= 0.6 is 0 Å². The molecule has 2 atom stereocenters. The first-order chi connectivity index (χ1) is 16.6. The quantitative estimate of drug-likeness (QED) is 0.310. The number of aryl methyl sites for hydroxylation is 1. The third-order valence-corrected chi connectivity index (χ3v) is 5.64. The van der Waals surface area contributed by atoms with Crippen LogP contribution in [0.5, 0.6) is 17.2 Å². The van der Waals surface area contributed by atoms with Crippen molar-refractivity contribution in [2.24, 2.45) is 0 Å². The summed E-state index contributed by atoms with van der Waals surface area (Å²) in [6.07, 6.45) is 2.86. The highest BCUT2D eigenvalue weighted by Gasteiger charge is 2.15. The van der Waals surface area contributed by atoms with Crippen LogP contribution in [0, 0.1) is 0 Å². The Kier molecular flexibility index (Phi) is 10.0. The first-order valence-electron chi connectivity index (χ1n) is 11.5. The summed E-state index contributed by atoms with van der Waals surface area (Å²) in [5.41, 5.74) is 3.28. The van der Waals surface area contributed by atoms with E-state index < -0.39 is 6.10 Å². The third-order valence-electron chi connectivity index (χ3n) is 5.64. The molecule has 0 aliphatic carbocycles. The van der Waals surface area contributed by atoms with Gasteiger partial charge in [0.15, 0.2) is 11.5 Å². The first-order valence-corrected chi connectivity index (χ1v) is 11.5. The van der Waals surface area contributed by atoms with Crippen molar-refractivity contribution in [3.8, 4) is 17.2 Å². The molecule has 0 saturated carbocycles. The summed E-state index contributed by atoms with van der Waals surface area (Å²) >= 11 is 0. The van der Waals surface area contributed by atoms with E-state index in [-0.39, 0.29) is 6.10 Å². The van der Waals surface area contributed by atoms with Crippen molar-refractivity contribution in [2.75, 3.05) is 14.2 Å². The van der Waals surface area contributed by atoms with Gasteiger partial charge in [0, 0.05) is 6.42 Å². The lowest BCUT2D eigenvalue weighted by atomic mass is 10.0. The molecule has 3 aromatic rings. The second-order valence-electron chi connectivity index (χ2n) is 8.12. The zero-order valence-corrected chi connectivity index (χ0v) is 20.0. The molecule has 0 saturated heterocycles. The van der Waals surface area contributed by atoms with Crippen LogP contribution in [0.15, 0.2) is 85.5 Å². The molecule has 1 N–H and O–H groups in total. The van der Waals surface area contributed by atoms with E-state index in [1.807, 2.05) is 72.8 Å². The van der Waals surface area contributed by atoms with Crippen LogP contribution < -0.4 is 14.2 Å². The number of methoxy groups -OCH3 is 2. The standard InChI is InChI=1S/C29H34O5/c1-4-25(30)19-27(33-20-24-11-14-26(31-2)15-12-24)16-10-22-13-17-28(29(18-22)32-3)34-21-23-8-6-5-7-9-23/h4-9,11-15,17-18,25,27,30H,1,10,16,19-21H2,2-3H3/t25?,27-/m0/s1. The Morgan fingerprint density at radius 1 is 0.824 bits per heavy atom. The number of rotatable bonds is 14. The van der Waals surface area contributed by atoms with Gasteiger partial charge >= 0.3 is 0 Å². The van der Waals surface area contributed by atoms with E-state index in [1.165, 1.54) is 0 Å². The molecule has 34 heavy (non-hydrogen) atoms. The van der Waals surface area contributed by atoms with Crippen molar-refractivity contribution < 1.29 is 24.1 Å². The number of aliphatic hydroxyl groups excluding tert-OH is 1. The number of hydrogen-bond acceptors (Lipinski definition) is 5. The number of ether oxygens (including phenoxy) is 4. The molecule has 0 fully saturated rings. The lowest BCUT2D eigenvalue weighted by molar-refractivity contribution is 0.00848. The molecule has 0 aromatic heterocycles. The largest absolute Gasteiger partial charge is 0.497 e. The molecule has 0 bridgehead atoms. The van der Waals surface area contributed by atoms with E-state index in [0.29, 0.717) is 31.1 Å². The number of hydrogen-bond donors (Lipinski definition) is 1. The lowest BCUT2D eigenvalue weighted by Gasteiger charge is -2.20. The zero-order chi connectivity index (χ0) is 24.2. The Labute approximate surface area is 202 Å². The molecule has 5 heteroatoms. The molecule has 3 rings (SSSR count). The molecular formula is C29H34O5. The van der Waals surface area contributed by atoms with Gasteiger partial charge in [-0.15, -0.1) is 6.58 Å². The highest BCUT2D eigenvalue weighted by molar-refractivity contribution is 5.43. The Morgan fingerprint density at radius 2 is 1.53 bits per heavy atom. The predicted octanol–water partition coefficient (Wildman–Crippen LogP) is 5.74. The van der Waals surface area contributed by atoms with Crippen molar-refractivity contribution in [1.29, 1.82) is 0 Å². The van der Waals surface area contributed by atoms with Gasteiger partial charge in [0.1, 0.15) is 12.4 Å². The molecule has 0 spiro atoms. The minimum Gasteiger partial charge on any atom is -0.497 e. The van der Waals surface area contributed by atoms with Crippen molar-refractivity contribution in [1.82, 2.24) is 0 Å². The maximum absolute atomic E-state index is 10.1. The summed E-state index contributed by atoms with van der Waals surface area (Å²) < 4.78 is 22.9. The fourth-order valence-electron chi connectivity index (χ4n) is 3.62. The zero-order valence-electron chi connectivity index (χ0n) is 20.0. The first kappa shape index (κ1) is 25.3. The molecule has 0 radical (unpaired) electrons. The van der Waals surface area contributed by atoms with E-state index in [1.54, 1.807) is 20.3 Å². The summed E-state index contributed by atoms with van der Waals surface area (Å²) in [6.45, 7) is 4.64. The maximum Gasteiger partial charge on any atom is 0.161 e. The summed E-state index contributed by atoms with van der Waals surface area (Å²) in [5, 5.41) is 10.1. The van der Waals surface area contributed by atoms with Gasteiger partial charge < -0.3 is 24.1 Å². The smallest absolute Gasteiger partial charge is 0.161 e. The molecule has 180 valence electrons. The molecule has 1 unspecified atom stereocenters. The van der Waals surface area contributed by atoms with E-state index in [4.69, 9.17) is 18.9 Å². The van der Waals surface area contributed by atoms with Crippen molar-refractivity contribution in [3.63, 3.8) is 0 Å². The Hall–Kier alpha value is -3.28. The monoisotopic (exact) mass is 462 g/mol. The van der Waals surface area contributed by atoms with E-state index in [2.05, 4.69) is 6.58 Å². The molecule has 0 amide bonds. The highest BCUT2D eigenvalue weighted by Crippen LogP contribution is 2.30.